The molecule has 1 aliphatic rings. The van der Waals surface area contributed by atoms with Gasteiger partial charge in [-0.1, -0.05) is 24.3 Å². The molecule has 1 amide bonds. The highest BCUT2D eigenvalue weighted by Crippen LogP contribution is 2.21. The third-order valence-corrected chi connectivity index (χ3v) is 4.59. The van der Waals surface area contributed by atoms with Crippen LogP contribution in [-0.4, -0.2) is 44.1 Å². The third kappa shape index (κ3) is 3.62. The van der Waals surface area contributed by atoms with E-state index in [4.69, 9.17) is 0 Å². The number of benzene rings is 2. The lowest BCUT2D eigenvalue weighted by molar-refractivity contribution is 0.0951. The largest absolute Gasteiger partial charge is 0.352 e. The van der Waals surface area contributed by atoms with Gasteiger partial charge in [0.2, 0.25) is 0 Å². The van der Waals surface area contributed by atoms with Crippen molar-refractivity contribution in [1.29, 1.82) is 0 Å². The molecule has 0 unspecified atom stereocenters. The zero-order valence-electron chi connectivity index (χ0n) is 14.4. The number of hydrogen-bond acceptors (Lipinski definition) is 5. The van der Waals surface area contributed by atoms with Gasteiger partial charge in [0.25, 0.3) is 5.91 Å². The maximum Gasteiger partial charge on any atom is 0.251 e. The monoisotopic (exact) mass is 348 g/mol. The summed E-state index contributed by atoms with van der Waals surface area (Å²) in [5.41, 5.74) is 4.29. The van der Waals surface area contributed by atoms with Gasteiger partial charge in [-0.25, -0.2) is 4.68 Å². The van der Waals surface area contributed by atoms with Crippen LogP contribution in [0.5, 0.6) is 0 Å². The van der Waals surface area contributed by atoms with Gasteiger partial charge in [-0.15, -0.1) is 5.10 Å². The van der Waals surface area contributed by atoms with Crippen molar-refractivity contribution in [1.82, 2.24) is 30.4 Å². The van der Waals surface area contributed by atoms with Gasteiger partial charge in [-0.3, -0.25) is 9.69 Å². The van der Waals surface area contributed by atoms with Crippen molar-refractivity contribution in [3.63, 3.8) is 0 Å². The van der Waals surface area contributed by atoms with Gasteiger partial charge in [-0.2, -0.15) is 0 Å². The van der Waals surface area contributed by atoms with Crippen molar-refractivity contribution in [3.05, 3.63) is 71.5 Å². The first-order valence-electron chi connectivity index (χ1n) is 8.70. The number of nitrogens with one attached hydrogen (secondary N) is 1. The molecule has 1 N–H and O–H groups in total. The number of rotatable bonds is 6. The summed E-state index contributed by atoms with van der Waals surface area (Å²) in [6.45, 7) is 3.65. The zero-order chi connectivity index (χ0) is 17.8. The lowest BCUT2D eigenvalue weighted by Crippen LogP contribution is -2.27. The van der Waals surface area contributed by atoms with Crippen molar-refractivity contribution < 1.29 is 4.79 Å². The van der Waals surface area contributed by atoms with Crippen LogP contribution in [0.2, 0.25) is 0 Å². The molecule has 4 rings (SSSR count). The molecule has 0 bridgehead atoms. The molecule has 132 valence electrons. The van der Waals surface area contributed by atoms with Gasteiger partial charge in [0.1, 0.15) is 6.33 Å². The number of amides is 1. The molecular formula is C19H20N6O. The zero-order valence-corrected chi connectivity index (χ0v) is 14.4. The second-order valence-electron chi connectivity index (χ2n) is 6.39. The van der Waals surface area contributed by atoms with Gasteiger partial charge in [0.05, 0.1) is 5.69 Å². The Labute approximate surface area is 151 Å². The molecule has 0 atom stereocenters. The van der Waals surface area contributed by atoms with E-state index >= 15 is 0 Å². The van der Waals surface area contributed by atoms with Gasteiger partial charge in [0, 0.05) is 31.7 Å². The fourth-order valence-corrected chi connectivity index (χ4v) is 3.21. The molecule has 1 aromatic heterocycles. The number of aromatic nitrogens is 4. The molecule has 0 radical (unpaired) electrons. The Balaban J connectivity index is 1.22. The number of hydrogen-bond donors (Lipinski definition) is 1. The fourth-order valence-electron chi connectivity index (χ4n) is 3.21. The Morgan fingerprint density at radius 2 is 1.77 bits per heavy atom. The Hall–Kier alpha value is -3.06. The van der Waals surface area contributed by atoms with Crippen LogP contribution in [0.15, 0.2) is 54.9 Å². The van der Waals surface area contributed by atoms with E-state index < -0.39 is 0 Å². The molecule has 2 aromatic carbocycles. The number of tetrazole rings is 1. The summed E-state index contributed by atoms with van der Waals surface area (Å²) in [4.78, 5) is 14.7. The van der Waals surface area contributed by atoms with E-state index in [1.807, 2.05) is 12.1 Å². The highest BCUT2D eigenvalue weighted by Gasteiger charge is 2.17. The molecule has 7 nitrogen and oxygen atoms in total. The molecule has 7 heteroatoms. The van der Waals surface area contributed by atoms with E-state index in [2.05, 4.69) is 50.0 Å². The molecule has 1 aliphatic heterocycles. The van der Waals surface area contributed by atoms with E-state index in [0.29, 0.717) is 12.1 Å². The molecule has 0 fully saturated rings. The molecular weight excluding hydrogens is 328 g/mol. The average molecular weight is 348 g/mol. The lowest BCUT2D eigenvalue weighted by Gasteiger charge is -2.14. The molecule has 2 heterocycles. The van der Waals surface area contributed by atoms with Crippen LogP contribution in [0.4, 0.5) is 0 Å². The second-order valence-corrected chi connectivity index (χ2v) is 6.39. The van der Waals surface area contributed by atoms with Crippen molar-refractivity contribution in [3.8, 4) is 5.69 Å². The smallest absolute Gasteiger partial charge is 0.251 e. The van der Waals surface area contributed by atoms with Gasteiger partial charge in [-0.05, 0) is 52.2 Å². The van der Waals surface area contributed by atoms with Crippen molar-refractivity contribution >= 4 is 5.91 Å². The minimum Gasteiger partial charge on any atom is -0.352 e. The van der Waals surface area contributed by atoms with Crippen LogP contribution in [0.1, 0.15) is 27.9 Å². The molecule has 0 aliphatic carbocycles. The fraction of sp³-hybridized carbons (Fsp3) is 0.263. The Morgan fingerprint density at radius 3 is 2.42 bits per heavy atom. The highest BCUT2D eigenvalue weighted by molar-refractivity contribution is 5.94. The van der Waals surface area contributed by atoms with Gasteiger partial charge in [0.15, 0.2) is 0 Å². The highest BCUT2D eigenvalue weighted by atomic mass is 16.1. The number of fused-ring (bicyclic) bond motifs is 1. The lowest BCUT2D eigenvalue weighted by atomic mass is 10.1. The summed E-state index contributed by atoms with van der Waals surface area (Å²) >= 11 is 0. The first-order valence-corrected chi connectivity index (χ1v) is 8.70. The van der Waals surface area contributed by atoms with Gasteiger partial charge < -0.3 is 5.32 Å². The predicted octanol–water partition coefficient (Wildman–Crippen LogP) is 1.80. The molecule has 0 saturated carbocycles. The number of carbonyl (C=O) groups is 1. The van der Waals surface area contributed by atoms with Gasteiger partial charge >= 0.3 is 0 Å². The van der Waals surface area contributed by atoms with Crippen LogP contribution in [0.3, 0.4) is 0 Å². The first kappa shape index (κ1) is 16.4. The molecule has 0 saturated heterocycles. The molecule has 26 heavy (non-hydrogen) atoms. The number of carbonyl (C=O) groups excluding carboxylic acids is 1. The Kier molecular flexibility index (Phi) is 4.70. The van der Waals surface area contributed by atoms with E-state index in [1.54, 1.807) is 16.8 Å². The summed E-state index contributed by atoms with van der Waals surface area (Å²) in [5, 5.41) is 14.0. The van der Waals surface area contributed by atoms with E-state index in [0.717, 1.165) is 31.7 Å². The number of nitrogens with zero attached hydrogens (tertiary/aromatic N) is 5. The van der Waals surface area contributed by atoms with Crippen LogP contribution in [-0.2, 0) is 13.1 Å². The normalized spacial score (nSPS) is 13.5. The standard InChI is InChI=1S/C19H20N6O/c26-19(15-6-8-18(9-7-15)25-14-21-22-23-25)20-10-3-11-24-12-16-4-1-2-5-17(16)13-24/h1-2,4-9,14H,3,10-13H2,(H,20,26). The SMILES string of the molecule is O=C(NCCCN1Cc2ccccc2C1)c1ccc(-n2cnnn2)cc1. The summed E-state index contributed by atoms with van der Waals surface area (Å²) in [6, 6.07) is 15.8. The van der Waals surface area contributed by atoms with Crippen LogP contribution < -0.4 is 5.32 Å². The summed E-state index contributed by atoms with van der Waals surface area (Å²) < 4.78 is 1.55. The minimum absolute atomic E-state index is 0.0574. The van der Waals surface area contributed by atoms with E-state index in [9.17, 15) is 4.79 Å². The first-order chi connectivity index (χ1) is 12.8. The molecule has 0 spiro atoms. The van der Waals surface area contributed by atoms with Crippen molar-refractivity contribution in [2.75, 3.05) is 13.1 Å². The van der Waals surface area contributed by atoms with Crippen molar-refractivity contribution in [2.24, 2.45) is 0 Å². The third-order valence-electron chi connectivity index (χ3n) is 4.59. The molecule has 3 aromatic rings. The average Bonchev–Trinajstić information content (AvgIpc) is 3.34. The topological polar surface area (TPSA) is 75.9 Å². The van der Waals surface area contributed by atoms with Crippen LogP contribution >= 0.6 is 0 Å². The minimum atomic E-state index is -0.0574. The predicted molar refractivity (Wildman–Crippen MR) is 96.7 cm³/mol. The van der Waals surface area contributed by atoms with Crippen LogP contribution in [0.25, 0.3) is 5.69 Å². The van der Waals surface area contributed by atoms with E-state index in [-0.39, 0.29) is 5.91 Å². The van der Waals surface area contributed by atoms with E-state index in [1.165, 1.54) is 17.5 Å². The maximum atomic E-state index is 12.2. The Morgan fingerprint density at radius 1 is 1.04 bits per heavy atom. The second kappa shape index (κ2) is 7.45. The maximum absolute atomic E-state index is 12.2. The summed E-state index contributed by atoms with van der Waals surface area (Å²) in [6.07, 6.45) is 2.45. The van der Waals surface area contributed by atoms with Crippen molar-refractivity contribution in [2.45, 2.75) is 19.5 Å². The summed E-state index contributed by atoms with van der Waals surface area (Å²) in [5.74, 6) is -0.0574. The summed E-state index contributed by atoms with van der Waals surface area (Å²) in [7, 11) is 0. The quantitative estimate of drug-likeness (QED) is 0.688. The van der Waals surface area contributed by atoms with Crippen LogP contribution in [0, 0.1) is 0 Å². The Bertz CT molecular complexity index is 850.